The second kappa shape index (κ2) is 6.34. The maximum Gasteiger partial charge on any atom is 0.270 e. The molecule has 0 aliphatic carbocycles. The van der Waals surface area contributed by atoms with Gasteiger partial charge in [-0.1, -0.05) is 13.0 Å². The van der Waals surface area contributed by atoms with Crippen LogP contribution in [0.2, 0.25) is 0 Å². The van der Waals surface area contributed by atoms with Crippen LogP contribution in [0.25, 0.3) is 10.9 Å². The number of nitrogens with one attached hydrogen (secondary N) is 1. The zero-order valence-electron chi connectivity index (χ0n) is 11.6. The van der Waals surface area contributed by atoms with E-state index in [1.54, 1.807) is 19.2 Å². The first-order valence-electron chi connectivity index (χ1n) is 6.54. The van der Waals surface area contributed by atoms with Crippen LogP contribution in [0.15, 0.2) is 30.3 Å². The van der Waals surface area contributed by atoms with Gasteiger partial charge in [-0.15, -0.1) is 0 Å². The van der Waals surface area contributed by atoms with Crippen LogP contribution < -0.4 is 10.1 Å². The maximum atomic E-state index is 12.0. The number of hydrogen-bond donors (Lipinski definition) is 2. The van der Waals surface area contributed by atoms with E-state index in [1.165, 1.54) is 0 Å². The number of aromatic nitrogens is 1. The summed E-state index contributed by atoms with van der Waals surface area (Å²) in [5, 5.41) is 12.8. The lowest BCUT2D eigenvalue weighted by atomic mass is 10.2. The van der Waals surface area contributed by atoms with Crippen LogP contribution in [0.4, 0.5) is 0 Å². The van der Waals surface area contributed by atoms with E-state index in [4.69, 9.17) is 9.84 Å². The zero-order valence-corrected chi connectivity index (χ0v) is 11.6. The number of rotatable bonds is 5. The molecule has 106 valence electrons. The van der Waals surface area contributed by atoms with Crippen molar-refractivity contribution in [3.05, 3.63) is 36.0 Å². The fraction of sp³-hybridized carbons (Fsp3) is 0.333. The van der Waals surface area contributed by atoms with Crippen molar-refractivity contribution in [2.45, 2.75) is 19.4 Å². The number of nitrogens with zero attached hydrogens (tertiary/aromatic N) is 1. The Labute approximate surface area is 117 Å². The molecule has 0 spiro atoms. The number of benzene rings is 1. The quantitative estimate of drug-likeness (QED) is 0.871. The molecule has 1 unspecified atom stereocenters. The normalized spacial score (nSPS) is 12.2. The van der Waals surface area contributed by atoms with Crippen molar-refractivity contribution in [1.29, 1.82) is 0 Å². The molecular formula is C15H18N2O3. The van der Waals surface area contributed by atoms with Gasteiger partial charge in [-0.2, -0.15) is 0 Å². The fourth-order valence-electron chi connectivity index (χ4n) is 1.89. The number of methoxy groups -OCH3 is 1. The van der Waals surface area contributed by atoms with E-state index >= 15 is 0 Å². The molecule has 1 heterocycles. The number of pyridine rings is 1. The van der Waals surface area contributed by atoms with E-state index in [0.717, 1.165) is 16.7 Å². The molecule has 5 nitrogen and oxygen atoms in total. The first-order chi connectivity index (χ1) is 9.67. The van der Waals surface area contributed by atoms with Gasteiger partial charge in [0, 0.05) is 5.39 Å². The molecule has 20 heavy (non-hydrogen) atoms. The Bertz CT molecular complexity index is 609. The molecule has 0 bridgehead atoms. The SMILES string of the molecule is CCC(CO)NC(=O)c1ccc2cc(OC)ccc2n1. The number of aliphatic hydroxyl groups is 1. The second-order valence-electron chi connectivity index (χ2n) is 4.52. The minimum atomic E-state index is -0.274. The Kier molecular flexibility index (Phi) is 4.53. The molecule has 2 rings (SSSR count). The molecule has 0 aliphatic heterocycles. The molecule has 0 aliphatic rings. The van der Waals surface area contributed by atoms with Crippen LogP contribution in [0, 0.1) is 0 Å². The third-order valence-electron chi connectivity index (χ3n) is 3.18. The van der Waals surface area contributed by atoms with Crippen molar-refractivity contribution >= 4 is 16.8 Å². The van der Waals surface area contributed by atoms with Crippen molar-refractivity contribution in [2.24, 2.45) is 0 Å². The van der Waals surface area contributed by atoms with E-state index in [0.29, 0.717) is 12.1 Å². The third kappa shape index (κ3) is 3.05. The van der Waals surface area contributed by atoms with Crippen LogP contribution in [0.3, 0.4) is 0 Å². The average molecular weight is 274 g/mol. The molecule has 1 aromatic heterocycles. The molecule has 1 aromatic carbocycles. The highest BCUT2D eigenvalue weighted by Gasteiger charge is 2.13. The Balaban J connectivity index is 2.25. The summed E-state index contributed by atoms with van der Waals surface area (Å²) in [5.41, 5.74) is 1.07. The van der Waals surface area contributed by atoms with Crippen LogP contribution in [0.5, 0.6) is 5.75 Å². The second-order valence-corrected chi connectivity index (χ2v) is 4.52. The summed E-state index contributed by atoms with van der Waals surface area (Å²) >= 11 is 0. The summed E-state index contributed by atoms with van der Waals surface area (Å²) < 4.78 is 5.15. The Morgan fingerprint density at radius 3 is 2.85 bits per heavy atom. The summed E-state index contributed by atoms with van der Waals surface area (Å²) in [6, 6.07) is 8.75. The highest BCUT2D eigenvalue weighted by molar-refractivity contribution is 5.95. The summed E-state index contributed by atoms with van der Waals surface area (Å²) in [6.45, 7) is 1.83. The maximum absolute atomic E-state index is 12.0. The van der Waals surface area contributed by atoms with E-state index in [9.17, 15) is 4.79 Å². The smallest absolute Gasteiger partial charge is 0.270 e. The van der Waals surface area contributed by atoms with E-state index in [1.807, 2.05) is 25.1 Å². The molecule has 0 saturated heterocycles. The molecule has 2 N–H and O–H groups in total. The lowest BCUT2D eigenvalue weighted by molar-refractivity contribution is 0.0910. The van der Waals surface area contributed by atoms with Crippen molar-refractivity contribution in [2.75, 3.05) is 13.7 Å². The number of fused-ring (bicyclic) bond motifs is 1. The van der Waals surface area contributed by atoms with Crippen LogP contribution >= 0.6 is 0 Å². The largest absolute Gasteiger partial charge is 0.497 e. The number of carbonyl (C=O) groups is 1. The fourth-order valence-corrected chi connectivity index (χ4v) is 1.89. The molecule has 1 amide bonds. The highest BCUT2D eigenvalue weighted by atomic mass is 16.5. The monoisotopic (exact) mass is 274 g/mol. The number of ether oxygens (including phenoxy) is 1. The lowest BCUT2D eigenvalue weighted by Gasteiger charge is -2.13. The molecule has 0 saturated carbocycles. The standard InChI is InChI=1S/C15H18N2O3/c1-3-11(9-18)16-15(19)14-6-4-10-8-12(20-2)5-7-13(10)17-14/h4-8,11,18H,3,9H2,1-2H3,(H,16,19). The average Bonchev–Trinajstić information content (AvgIpc) is 2.51. The van der Waals surface area contributed by atoms with Gasteiger partial charge in [0.05, 0.1) is 25.3 Å². The van der Waals surface area contributed by atoms with Gasteiger partial charge >= 0.3 is 0 Å². The van der Waals surface area contributed by atoms with Gasteiger partial charge in [-0.3, -0.25) is 4.79 Å². The predicted octanol–water partition coefficient (Wildman–Crippen LogP) is 1.74. The molecule has 5 heteroatoms. The summed E-state index contributed by atoms with van der Waals surface area (Å²) in [7, 11) is 1.61. The van der Waals surface area contributed by atoms with E-state index < -0.39 is 0 Å². The van der Waals surface area contributed by atoms with Gasteiger partial charge in [-0.25, -0.2) is 4.98 Å². The molecular weight excluding hydrogens is 256 g/mol. The number of aliphatic hydroxyl groups excluding tert-OH is 1. The van der Waals surface area contributed by atoms with E-state index in [-0.39, 0.29) is 18.6 Å². The minimum absolute atomic E-state index is 0.0764. The highest BCUT2D eigenvalue weighted by Crippen LogP contribution is 2.19. The molecule has 1 atom stereocenters. The van der Waals surface area contributed by atoms with Crippen LogP contribution in [-0.2, 0) is 0 Å². The van der Waals surface area contributed by atoms with Gasteiger partial charge in [0.2, 0.25) is 0 Å². The number of carbonyl (C=O) groups excluding carboxylic acids is 1. The van der Waals surface area contributed by atoms with Gasteiger partial charge in [0.15, 0.2) is 0 Å². The summed E-state index contributed by atoms with van der Waals surface area (Å²) in [5.74, 6) is 0.478. The van der Waals surface area contributed by atoms with Crippen molar-refractivity contribution in [3.63, 3.8) is 0 Å². The number of amides is 1. The Morgan fingerprint density at radius 1 is 1.40 bits per heavy atom. The van der Waals surface area contributed by atoms with Gasteiger partial charge < -0.3 is 15.2 Å². The molecule has 0 radical (unpaired) electrons. The van der Waals surface area contributed by atoms with Crippen LogP contribution in [0.1, 0.15) is 23.8 Å². The summed E-state index contributed by atoms with van der Waals surface area (Å²) in [6.07, 6.45) is 0.674. The third-order valence-corrected chi connectivity index (χ3v) is 3.18. The van der Waals surface area contributed by atoms with Crippen LogP contribution in [-0.4, -0.2) is 35.8 Å². The minimum Gasteiger partial charge on any atom is -0.497 e. The topological polar surface area (TPSA) is 71.5 Å². The van der Waals surface area contributed by atoms with E-state index in [2.05, 4.69) is 10.3 Å². The van der Waals surface area contributed by atoms with Gasteiger partial charge in [0.1, 0.15) is 11.4 Å². The van der Waals surface area contributed by atoms with Gasteiger partial charge in [0.25, 0.3) is 5.91 Å². The first kappa shape index (κ1) is 14.3. The van der Waals surface area contributed by atoms with Crippen molar-refractivity contribution in [3.8, 4) is 5.75 Å². The lowest BCUT2D eigenvalue weighted by Crippen LogP contribution is -2.37. The first-order valence-corrected chi connectivity index (χ1v) is 6.54. The zero-order chi connectivity index (χ0) is 14.5. The Morgan fingerprint density at radius 2 is 2.20 bits per heavy atom. The summed E-state index contributed by atoms with van der Waals surface area (Å²) in [4.78, 5) is 16.4. The Hall–Kier alpha value is -2.14. The van der Waals surface area contributed by atoms with Crippen molar-refractivity contribution in [1.82, 2.24) is 10.3 Å². The van der Waals surface area contributed by atoms with Gasteiger partial charge in [-0.05, 0) is 30.7 Å². The van der Waals surface area contributed by atoms with Crippen molar-refractivity contribution < 1.29 is 14.6 Å². The molecule has 0 fully saturated rings. The number of hydrogen-bond acceptors (Lipinski definition) is 4. The molecule has 2 aromatic rings. The predicted molar refractivity (Wildman–Crippen MR) is 76.9 cm³/mol.